The fraction of sp³-hybridized carbons (Fsp3) is 0.318. The molecule has 10 heteroatoms. The lowest BCUT2D eigenvalue weighted by Gasteiger charge is -2.20. The summed E-state index contributed by atoms with van der Waals surface area (Å²) in [5.74, 6) is -0.428. The van der Waals surface area contributed by atoms with Crippen LogP contribution in [0.5, 0.6) is 0 Å². The van der Waals surface area contributed by atoms with Crippen molar-refractivity contribution in [2.75, 3.05) is 19.0 Å². The maximum absolute atomic E-state index is 13.1. The molecule has 0 fully saturated rings. The maximum atomic E-state index is 13.1. The van der Waals surface area contributed by atoms with Crippen LogP contribution in [0.1, 0.15) is 25.5 Å². The van der Waals surface area contributed by atoms with Crippen LogP contribution in [0.25, 0.3) is 10.9 Å². The molecule has 2 aromatic carbocycles. The topological polar surface area (TPSA) is 73.2 Å². The van der Waals surface area contributed by atoms with Gasteiger partial charge in [0.15, 0.2) is 5.16 Å². The quantitative estimate of drug-likeness (QED) is 0.403. The number of amides is 1. The van der Waals surface area contributed by atoms with Gasteiger partial charge in [0.05, 0.1) is 34.4 Å². The largest absolute Gasteiger partial charge is 0.416 e. The standard InChI is InChI=1S/C22H22F3N3O3S/c1-13(12-31-3)28-20(30)17-6-4-5-7-18(17)27-21(28)32-14(2)19(29)26-16-10-8-15(9-11-16)22(23,24)25/h4-11,13-14H,12H2,1-3H3,(H,26,29)/t13-,14-/m0/s1. The summed E-state index contributed by atoms with van der Waals surface area (Å²) >= 11 is 1.09. The number of nitrogens with zero attached hydrogens (tertiary/aromatic N) is 2. The lowest BCUT2D eigenvalue weighted by Crippen LogP contribution is -2.30. The number of ether oxygens (including phenoxy) is 1. The summed E-state index contributed by atoms with van der Waals surface area (Å²) in [5, 5.41) is 2.74. The third kappa shape index (κ3) is 5.31. The Balaban J connectivity index is 1.85. The molecule has 0 aliphatic carbocycles. The second-order valence-electron chi connectivity index (χ2n) is 7.22. The highest BCUT2D eigenvalue weighted by molar-refractivity contribution is 8.00. The van der Waals surface area contributed by atoms with E-state index in [0.717, 1.165) is 23.9 Å². The Bertz CT molecular complexity index is 1160. The average molecular weight is 465 g/mol. The van der Waals surface area contributed by atoms with Crippen molar-refractivity contribution in [3.63, 3.8) is 0 Å². The molecule has 170 valence electrons. The molecule has 3 rings (SSSR count). The predicted octanol–water partition coefficient (Wildman–Crippen LogP) is 4.74. The molecule has 0 saturated carbocycles. The Morgan fingerprint density at radius 3 is 2.44 bits per heavy atom. The number of alkyl halides is 3. The molecule has 1 amide bonds. The molecule has 0 aliphatic rings. The van der Waals surface area contributed by atoms with E-state index in [0.29, 0.717) is 16.1 Å². The Labute approximate surface area is 186 Å². The van der Waals surface area contributed by atoms with Gasteiger partial charge in [-0.05, 0) is 50.2 Å². The van der Waals surface area contributed by atoms with Crippen LogP contribution in [0, 0.1) is 0 Å². The summed E-state index contributed by atoms with van der Waals surface area (Å²) in [4.78, 5) is 30.3. The smallest absolute Gasteiger partial charge is 0.383 e. The molecule has 0 radical (unpaired) electrons. The van der Waals surface area contributed by atoms with Crippen molar-refractivity contribution in [2.45, 2.75) is 36.5 Å². The minimum absolute atomic E-state index is 0.238. The van der Waals surface area contributed by atoms with Gasteiger partial charge in [-0.25, -0.2) is 4.98 Å². The second kappa shape index (κ2) is 9.74. The molecule has 0 unspecified atom stereocenters. The number of hydrogen-bond acceptors (Lipinski definition) is 5. The van der Waals surface area contributed by atoms with Crippen LogP contribution >= 0.6 is 11.8 Å². The molecule has 1 heterocycles. The van der Waals surface area contributed by atoms with Gasteiger partial charge in [0.1, 0.15) is 0 Å². The van der Waals surface area contributed by atoms with E-state index in [2.05, 4.69) is 10.3 Å². The molecule has 32 heavy (non-hydrogen) atoms. The number of carbonyl (C=O) groups excluding carboxylic acids is 1. The number of halogens is 3. The predicted molar refractivity (Wildman–Crippen MR) is 118 cm³/mol. The van der Waals surface area contributed by atoms with Gasteiger partial charge >= 0.3 is 6.18 Å². The van der Waals surface area contributed by atoms with E-state index in [1.807, 2.05) is 6.92 Å². The van der Waals surface area contributed by atoms with Gasteiger partial charge in [0.25, 0.3) is 5.56 Å². The Morgan fingerprint density at radius 2 is 1.81 bits per heavy atom. The van der Waals surface area contributed by atoms with E-state index in [1.165, 1.54) is 23.8 Å². The van der Waals surface area contributed by atoms with E-state index < -0.39 is 22.9 Å². The van der Waals surface area contributed by atoms with Crippen molar-refractivity contribution in [2.24, 2.45) is 0 Å². The Hall–Kier alpha value is -2.85. The third-order valence-corrected chi connectivity index (χ3v) is 5.82. The van der Waals surface area contributed by atoms with Crippen molar-refractivity contribution in [1.82, 2.24) is 9.55 Å². The zero-order valence-electron chi connectivity index (χ0n) is 17.6. The molecule has 0 saturated heterocycles. The highest BCUT2D eigenvalue weighted by Gasteiger charge is 2.30. The number of para-hydroxylation sites is 1. The number of hydrogen-bond donors (Lipinski definition) is 1. The van der Waals surface area contributed by atoms with Gasteiger partial charge in [-0.3, -0.25) is 14.2 Å². The van der Waals surface area contributed by atoms with Crippen molar-refractivity contribution in [3.05, 3.63) is 64.4 Å². The van der Waals surface area contributed by atoms with Crippen LogP contribution in [0.2, 0.25) is 0 Å². The van der Waals surface area contributed by atoms with Crippen molar-refractivity contribution < 1.29 is 22.7 Å². The lowest BCUT2D eigenvalue weighted by molar-refractivity contribution is -0.137. The van der Waals surface area contributed by atoms with Gasteiger partial charge in [-0.1, -0.05) is 23.9 Å². The van der Waals surface area contributed by atoms with Gasteiger partial charge in [0, 0.05) is 12.8 Å². The molecule has 2 atom stereocenters. The summed E-state index contributed by atoms with van der Waals surface area (Å²) in [6, 6.07) is 10.8. The molecular formula is C22H22F3N3O3S. The van der Waals surface area contributed by atoms with Gasteiger partial charge in [-0.2, -0.15) is 13.2 Å². The monoisotopic (exact) mass is 465 g/mol. The number of rotatable bonds is 7. The minimum atomic E-state index is -4.45. The van der Waals surface area contributed by atoms with Crippen molar-refractivity contribution in [1.29, 1.82) is 0 Å². The lowest BCUT2D eigenvalue weighted by atomic mass is 10.2. The number of nitrogens with one attached hydrogen (secondary N) is 1. The van der Waals surface area contributed by atoms with E-state index in [1.54, 1.807) is 31.2 Å². The minimum Gasteiger partial charge on any atom is -0.383 e. The summed E-state index contributed by atoms with van der Waals surface area (Å²) < 4.78 is 44.8. The van der Waals surface area contributed by atoms with E-state index in [9.17, 15) is 22.8 Å². The van der Waals surface area contributed by atoms with Crippen molar-refractivity contribution >= 4 is 34.3 Å². The first-order chi connectivity index (χ1) is 15.1. The molecule has 1 aromatic heterocycles. The molecule has 0 aliphatic heterocycles. The van der Waals surface area contributed by atoms with Crippen LogP contribution in [-0.4, -0.2) is 34.4 Å². The molecule has 1 N–H and O–H groups in total. The number of thioether (sulfide) groups is 1. The molecular weight excluding hydrogens is 443 g/mol. The average Bonchev–Trinajstić information content (AvgIpc) is 2.73. The second-order valence-corrected chi connectivity index (χ2v) is 8.52. The Morgan fingerprint density at radius 1 is 1.16 bits per heavy atom. The SMILES string of the molecule is COC[C@H](C)n1c(S[C@@H](C)C(=O)Nc2ccc(C(F)(F)F)cc2)nc2ccccc2c1=O. The van der Waals surface area contributed by atoms with Gasteiger partial charge in [0.2, 0.25) is 5.91 Å². The fourth-order valence-electron chi connectivity index (χ4n) is 3.11. The fourth-order valence-corrected chi connectivity index (χ4v) is 4.12. The first-order valence-corrected chi connectivity index (χ1v) is 10.6. The summed E-state index contributed by atoms with van der Waals surface area (Å²) in [7, 11) is 1.53. The number of carbonyl (C=O) groups is 1. The highest BCUT2D eigenvalue weighted by atomic mass is 32.2. The number of methoxy groups -OCH3 is 1. The highest BCUT2D eigenvalue weighted by Crippen LogP contribution is 2.30. The summed E-state index contributed by atoms with van der Waals surface area (Å²) in [6.45, 7) is 3.73. The Kier molecular flexibility index (Phi) is 7.25. The number of aromatic nitrogens is 2. The first kappa shape index (κ1) is 23.8. The third-order valence-electron chi connectivity index (χ3n) is 4.76. The maximum Gasteiger partial charge on any atom is 0.416 e. The van der Waals surface area contributed by atoms with E-state index >= 15 is 0 Å². The summed E-state index contributed by atoms with van der Waals surface area (Å²) in [5.41, 5.74) is -0.282. The van der Waals surface area contributed by atoms with E-state index in [-0.39, 0.29) is 23.9 Å². The van der Waals surface area contributed by atoms with Crippen LogP contribution in [0.15, 0.2) is 58.5 Å². The number of anilines is 1. The van der Waals surface area contributed by atoms with Crippen molar-refractivity contribution in [3.8, 4) is 0 Å². The van der Waals surface area contributed by atoms with Crippen LogP contribution < -0.4 is 10.9 Å². The van der Waals surface area contributed by atoms with Gasteiger partial charge in [-0.15, -0.1) is 0 Å². The molecule has 6 nitrogen and oxygen atoms in total. The van der Waals surface area contributed by atoms with E-state index in [4.69, 9.17) is 4.74 Å². The molecule has 3 aromatic rings. The first-order valence-electron chi connectivity index (χ1n) is 9.76. The molecule has 0 spiro atoms. The van der Waals surface area contributed by atoms with Crippen LogP contribution in [0.3, 0.4) is 0 Å². The molecule has 0 bridgehead atoms. The number of benzene rings is 2. The zero-order chi connectivity index (χ0) is 23.5. The van der Waals surface area contributed by atoms with Crippen LogP contribution in [0.4, 0.5) is 18.9 Å². The normalized spacial score (nSPS) is 13.7. The summed E-state index contributed by atoms with van der Waals surface area (Å²) in [6.07, 6.45) is -4.45. The zero-order valence-corrected chi connectivity index (χ0v) is 18.5. The van der Waals surface area contributed by atoms with Gasteiger partial charge < -0.3 is 10.1 Å². The number of fused-ring (bicyclic) bond motifs is 1. The van der Waals surface area contributed by atoms with Crippen LogP contribution in [-0.2, 0) is 15.7 Å².